The van der Waals surface area contributed by atoms with Gasteiger partial charge >= 0.3 is 5.97 Å². The van der Waals surface area contributed by atoms with Crippen LogP contribution in [0, 0.1) is 5.92 Å². The van der Waals surface area contributed by atoms with Gasteiger partial charge in [-0.15, -0.1) is 0 Å². The van der Waals surface area contributed by atoms with E-state index in [0.717, 1.165) is 38.1 Å². The monoisotopic (exact) mass is 282 g/mol. The van der Waals surface area contributed by atoms with Crippen LogP contribution in [-0.4, -0.2) is 47.2 Å². The molecule has 0 aliphatic heterocycles. The Balaban J connectivity index is 1.98. The lowest BCUT2D eigenvalue weighted by atomic mass is 9.77. The van der Waals surface area contributed by atoms with Crippen LogP contribution >= 0.6 is 0 Å². The number of carboxylic acid groups (broad SMARTS) is 1. The maximum Gasteiger partial charge on any atom is 0.323 e. The van der Waals surface area contributed by atoms with Gasteiger partial charge in [-0.2, -0.15) is 0 Å². The fourth-order valence-corrected chi connectivity index (χ4v) is 3.79. The van der Waals surface area contributed by atoms with Gasteiger partial charge in [-0.3, -0.25) is 10.1 Å². The average molecular weight is 282 g/mol. The van der Waals surface area contributed by atoms with Crippen LogP contribution in [0.15, 0.2) is 0 Å². The van der Waals surface area contributed by atoms with Gasteiger partial charge in [-0.05, 0) is 65.3 Å². The summed E-state index contributed by atoms with van der Waals surface area (Å²) in [6.45, 7) is 5.21. The van der Waals surface area contributed by atoms with Crippen molar-refractivity contribution < 1.29 is 9.90 Å². The zero-order chi connectivity index (χ0) is 14.8. The van der Waals surface area contributed by atoms with Gasteiger partial charge < -0.3 is 10.0 Å². The minimum atomic E-state index is -0.717. The molecule has 116 valence electrons. The van der Waals surface area contributed by atoms with Crippen LogP contribution in [0.2, 0.25) is 0 Å². The van der Waals surface area contributed by atoms with Gasteiger partial charge in [-0.1, -0.05) is 6.42 Å². The molecule has 0 bridgehead atoms. The molecule has 0 heterocycles. The van der Waals surface area contributed by atoms with Crippen LogP contribution in [0.1, 0.15) is 58.8 Å². The minimum Gasteiger partial charge on any atom is -0.480 e. The first-order chi connectivity index (χ1) is 9.43. The van der Waals surface area contributed by atoms with E-state index in [4.69, 9.17) is 0 Å². The molecular formula is C16H30N2O2. The number of aliphatic carboxylic acids is 1. The van der Waals surface area contributed by atoms with E-state index < -0.39 is 11.5 Å². The SMILES string of the molecule is CC(C)NC1(C(=O)O)CCCC(N(C)CC2CCC2)C1. The Labute approximate surface area is 122 Å². The highest BCUT2D eigenvalue weighted by molar-refractivity contribution is 5.79. The molecule has 2 unspecified atom stereocenters. The van der Waals surface area contributed by atoms with E-state index in [-0.39, 0.29) is 6.04 Å². The number of hydrogen-bond donors (Lipinski definition) is 2. The smallest absolute Gasteiger partial charge is 0.323 e. The van der Waals surface area contributed by atoms with Crippen molar-refractivity contribution >= 4 is 5.97 Å². The van der Waals surface area contributed by atoms with Crippen LogP contribution in [-0.2, 0) is 4.79 Å². The van der Waals surface area contributed by atoms with Gasteiger partial charge in [-0.25, -0.2) is 0 Å². The molecule has 2 fully saturated rings. The molecule has 0 radical (unpaired) electrons. The zero-order valence-electron chi connectivity index (χ0n) is 13.2. The molecule has 4 nitrogen and oxygen atoms in total. The molecule has 2 rings (SSSR count). The number of carboxylic acids is 1. The van der Waals surface area contributed by atoms with Crippen LogP contribution in [0.5, 0.6) is 0 Å². The van der Waals surface area contributed by atoms with Crippen molar-refractivity contribution in [3.8, 4) is 0 Å². The average Bonchev–Trinajstić information content (AvgIpc) is 2.32. The summed E-state index contributed by atoms with van der Waals surface area (Å²) < 4.78 is 0. The van der Waals surface area contributed by atoms with Gasteiger partial charge in [0.05, 0.1) is 0 Å². The Morgan fingerprint density at radius 2 is 2.05 bits per heavy atom. The summed E-state index contributed by atoms with van der Waals surface area (Å²) in [6, 6.07) is 0.619. The molecule has 0 aromatic rings. The Kier molecular flexibility index (Phi) is 5.08. The van der Waals surface area contributed by atoms with Gasteiger partial charge in [0.15, 0.2) is 0 Å². The third-order valence-electron chi connectivity index (χ3n) is 5.09. The molecule has 2 aliphatic rings. The fourth-order valence-electron chi connectivity index (χ4n) is 3.79. The molecular weight excluding hydrogens is 252 g/mol. The van der Waals surface area contributed by atoms with E-state index in [1.807, 2.05) is 13.8 Å². The molecule has 0 amide bonds. The van der Waals surface area contributed by atoms with Crippen LogP contribution in [0.25, 0.3) is 0 Å². The number of rotatable bonds is 6. The standard InChI is InChI=1S/C16H30N2O2/c1-12(2)17-16(15(19)20)9-5-8-14(10-16)18(3)11-13-6-4-7-13/h12-14,17H,4-11H2,1-3H3,(H,19,20). The lowest BCUT2D eigenvalue weighted by Crippen LogP contribution is -2.60. The first-order valence-electron chi connectivity index (χ1n) is 8.14. The quantitative estimate of drug-likeness (QED) is 0.786. The molecule has 0 aromatic heterocycles. The number of nitrogens with one attached hydrogen (secondary N) is 1. The lowest BCUT2D eigenvalue weighted by molar-refractivity contribution is -0.147. The van der Waals surface area contributed by atoms with Crippen molar-refractivity contribution in [2.75, 3.05) is 13.6 Å². The van der Waals surface area contributed by atoms with E-state index in [1.54, 1.807) is 0 Å². The second-order valence-electron chi connectivity index (χ2n) is 7.17. The maximum atomic E-state index is 11.8. The van der Waals surface area contributed by atoms with Crippen LogP contribution in [0.3, 0.4) is 0 Å². The van der Waals surface area contributed by atoms with Crippen LogP contribution in [0.4, 0.5) is 0 Å². The molecule has 2 aliphatic carbocycles. The lowest BCUT2D eigenvalue weighted by Gasteiger charge is -2.44. The third kappa shape index (κ3) is 3.53. The Hall–Kier alpha value is -0.610. The highest BCUT2D eigenvalue weighted by atomic mass is 16.4. The van der Waals surface area contributed by atoms with Gasteiger partial charge in [0.25, 0.3) is 0 Å². The predicted molar refractivity (Wildman–Crippen MR) is 80.9 cm³/mol. The van der Waals surface area contributed by atoms with Crippen molar-refractivity contribution in [1.29, 1.82) is 0 Å². The first-order valence-corrected chi connectivity index (χ1v) is 8.14. The summed E-state index contributed by atoms with van der Waals surface area (Å²) in [5.41, 5.74) is -0.717. The van der Waals surface area contributed by atoms with Gasteiger partial charge in [0.1, 0.15) is 5.54 Å². The predicted octanol–water partition coefficient (Wildman–Crippen LogP) is 2.48. The van der Waals surface area contributed by atoms with E-state index in [9.17, 15) is 9.90 Å². The number of nitrogens with zero attached hydrogens (tertiary/aromatic N) is 1. The maximum absolute atomic E-state index is 11.8. The minimum absolute atomic E-state index is 0.210. The molecule has 2 N–H and O–H groups in total. The summed E-state index contributed by atoms with van der Waals surface area (Å²) in [5.74, 6) is 0.173. The molecule has 0 saturated heterocycles. The van der Waals surface area contributed by atoms with Crippen molar-refractivity contribution in [3.63, 3.8) is 0 Å². The third-order valence-corrected chi connectivity index (χ3v) is 5.09. The van der Waals surface area contributed by atoms with Crippen molar-refractivity contribution in [1.82, 2.24) is 10.2 Å². The second kappa shape index (κ2) is 6.44. The summed E-state index contributed by atoms with van der Waals surface area (Å²) in [6.07, 6.45) is 7.72. The molecule has 4 heteroatoms. The van der Waals surface area contributed by atoms with E-state index in [0.29, 0.717) is 6.04 Å². The molecule has 2 atom stereocenters. The summed E-state index contributed by atoms with van der Waals surface area (Å²) in [4.78, 5) is 14.2. The summed E-state index contributed by atoms with van der Waals surface area (Å²) >= 11 is 0. The molecule has 0 spiro atoms. The number of hydrogen-bond acceptors (Lipinski definition) is 3. The van der Waals surface area contributed by atoms with E-state index in [2.05, 4.69) is 17.3 Å². The Morgan fingerprint density at radius 1 is 1.35 bits per heavy atom. The highest BCUT2D eigenvalue weighted by Gasteiger charge is 2.44. The van der Waals surface area contributed by atoms with Crippen molar-refractivity contribution in [2.45, 2.75) is 76.4 Å². The Morgan fingerprint density at radius 3 is 2.55 bits per heavy atom. The topological polar surface area (TPSA) is 52.6 Å². The normalized spacial score (nSPS) is 31.6. The summed E-state index contributed by atoms with van der Waals surface area (Å²) in [7, 11) is 2.18. The number of carbonyl (C=O) groups is 1. The fraction of sp³-hybridized carbons (Fsp3) is 0.938. The molecule has 2 saturated carbocycles. The largest absolute Gasteiger partial charge is 0.480 e. The first kappa shape index (κ1) is 15.8. The molecule has 20 heavy (non-hydrogen) atoms. The Bertz CT molecular complexity index is 341. The second-order valence-corrected chi connectivity index (χ2v) is 7.17. The van der Waals surface area contributed by atoms with Crippen LogP contribution < -0.4 is 5.32 Å². The highest BCUT2D eigenvalue weighted by Crippen LogP contribution is 2.34. The van der Waals surface area contributed by atoms with Crippen molar-refractivity contribution in [2.24, 2.45) is 5.92 Å². The van der Waals surface area contributed by atoms with Gasteiger partial charge in [0, 0.05) is 18.6 Å². The summed E-state index contributed by atoms with van der Waals surface area (Å²) in [5, 5.41) is 13.0. The zero-order valence-corrected chi connectivity index (χ0v) is 13.2. The molecule has 0 aromatic carbocycles. The van der Waals surface area contributed by atoms with Gasteiger partial charge in [0.2, 0.25) is 0 Å². The van der Waals surface area contributed by atoms with Crippen molar-refractivity contribution in [3.05, 3.63) is 0 Å². The van der Waals surface area contributed by atoms with E-state index >= 15 is 0 Å². The van der Waals surface area contributed by atoms with E-state index in [1.165, 1.54) is 19.3 Å².